The number of benzene rings is 1. The first-order valence-electron chi connectivity index (χ1n) is 9.65. The molecule has 0 amide bonds. The molecule has 11 heteroatoms. The van der Waals surface area contributed by atoms with E-state index < -0.39 is 10.0 Å². The van der Waals surface area contributed by atoms with E-state index in [1.165, 1.54) is 37.0 Å². The normalized spacial score (nSPS) is 17.5. The Kier molecular flexibility index (Phi) is 6.17. The van der Waals surface area contributed by atoms with Gasteiger partial charge in [-0.15, -0.1) is 11.3 Å². The standard InChI is InChI=1S/C20H23N3O6S2/c1-26-15-10-14(11-16(27-2)18(15)28-3)19-21-20(29-22-19)13-6-4-8-23(12-13)31(24,25)17-7-5-9-30-17/h5,7,9-11,13H,4,6,8,12H2,1-3H3. The first kappa shape index (κ1) is 21.6. The van der Waals surface area contributed by atoms with E-state index in [4.69, 9.17) is 18.7 Å². The highest BCUT2D eigenvalue weighted by atomic mass is 32.2. The fourth-order valence-electron chi connectivity index (χ4n) is 3.63. The molecule has 1 saturated heterocycles. The van der Waals surface area contributed by atoms with Crippen LogP contribution in [-0.2, 0) is 10.0 Å². The Hall–Kier alpha value is -2.63. The molecular weight excluding hydrogens is 442 g/mol. The zero-order valence-corrected chi connectivity index (χ0v) is 19.0. The predicted molar refractivity (Wildman–Crippen MR) is 114 cm³/mol. The molecule has 9 nitrogen and oxygen atoms in total. The van der Waals surface area contributed by atoms with Gasteiger partial charge in [0.2, 0.25) is 17.5 Å². The van der Waals surface area contributed by atoms with Crippen LogP contribution in [0.4, 0.5) is 0 Å². The number of hydrogen-bond donors (Lipinski definition) is 0. The quantitative estimate of drug-likeness (QED) is 0.523. The highest BCUT2D eigenvalue weighted by molar-refractivity contribution is 7.91. The summed E-state index contributed by atoms with van der Waals surface area (Å²) in [6, 6.07) is 6.84. The molecule has 1 aliphatic heterocycles. The average molecular weight is 466 g/mol. The van der Waals surface area contributed by atoms with Crippen molar-refractivity contribution in [1.82, 2.24) is 14.4 Å². The summed E-state index contributed by atoms with van der Waals surface area (Å²) < 4.78 is 49.3. The number of ether oxygens (including phenoxy) is 3. The molecule has 31 heavy (non-hydrogen) atoms. The van der Waals surface area contributed by atoms with Crippen LogP contribution >= 0.6 is 11.3 Å². The van der Waals surface area contributed by atoms with Crippen molar-refractivity contribution < 1.29 is 27.2 Å². The van der Waals surface area contributed by atoms with Gasteiger partial charge in [0, 0.05) is 18.7 Å². The molecule has 3 aromatic rings. The highest BCUT2D eigenvalue weighted by Gasteiger charge is 2.34. The van der Waals surface area contributed by atoms with Gasteiger partial charge in [-0.05, 0) is 36.4 Å². The molecule has 2 aromatic heterocycles. The molecule has 166 valence electrons. The van der Waals surface area contributed by atoms with E-state index in [0.29, 0.717) is 51.8 Å². The number of nitrogens with zero attached hydrogens (tertiary/aromatic N) is 3. The van der Waals surface area contributed by atoms with E-state index in [1.807, 2.05) is 0 Å². The van der Waals surface area contributed by atoms with Crippen molar-refractivity contribution in [1.29, 1.82) is 0 Å². The third-order valence-corrected chi connectivity index (χ3v) is 8.43. The fraction of sp³-hybridized carbons (Fsp3) is 0.400. The number of methoxy groups -OCH3 is 3. The van der Waals surface area contributed by atoms with Crippen molar-refractivity contribution in [2.24, 2.45) is 0 Å². The fourth-order valence-corrected chi connectivity index (χ4v) is 6.30. The van der Waals surface area contributed by atoms with Gasteiger partial charge < -0.3 is 18.7 Å². The topological polar surface area (TPSA) is 104 Å². The third-order valence-electron chi connectivity index (χ3n) is 5.19. The summed E-state index contributed by atoms with van der Waals surface area (Å²) in [5.74, 6) is 2.04. The summed E-state index contributed by atoms with van der Waals surface area (Å²) in [7, 11) is 1.09. The Morgan fingerprint density at radius 1 is 1.16 bits per heavy atom. The van der Waals surface area contributed by atoms with Crippen LogP contribution in [0.1, 0.15) is 24.7 Å². The van der Waals surface area contributed by atoms with Crippen molar-refractivity contribution in [2.45, 2.75) is 23.0 Å². The van der Waals surface area contributed by atoms with Gasteiger partial charge in [-0.1, -0.05) is 11.2 Å². The lowest BCUT2D eigenvalue weighted by Gasteiger charge is -2.29. The first-order chi connectivity index (χ1) is 15.0. The summed E-state index contributed by atoms with van der Waals surface area (Å²) in [5.41, 5.74) is 0.642. The van der Waals surface area contributed by atoms with E-state index in [2.05, 4.69) is 10.1 Å². The molecular formula is C20H23N3O6S2. The largest absolute Gasteiger partial charge is 0.493 e. The van der Waals surface area contributed by atoms with Gasteiger partial charge in [0.1, 0.15) is 4.21 Å². The lowest BCUT2D eigenvalue weighted by Crippen LogP contribution is -2.38. The minimum atomic E-state index is -3.52. The molecule has 0 bridgehead atoms. The molecule has 4 rings (SSSR count). The molecule has 0 saturated carbocycles. The van der Waals surface area contributed by atoms with Gasteiger partial charge in [0.05, 0.1) is 27.2 Å². The maximum absolute atomic E-state index is 12.9. The Morgan fingerprint density at radius 3 is 2.52 bits per heavy atom. The van der Waals surface area contributed by atoms with Crippen LogP contribution in [0, 0.1) is 0 Å². The molecule has 0 aliphatic carbocycles. The number of aromatic nitrogens is 2. The molecule has 3 heterocycles. The van der Waals surface area contributed by atoms with Crippen molar-refractivity contribution >= 4 is 21.4 Å². The number of thiophene rings is 1. The van der Waals surface area contributed by atoms with E-state index in [0.717, 1.165) is 12.8 Å². The monoisotopic (exact) mass is 465 g/mol. The van der Waals surface area contributed by atoms with Crippen LogP contribution in [0.5, 0.6) is 17.2 Å². The second kappa shape index (κ2) is 8.85. The summed E-state index contributed by atoms with van der Waals surface area (Å²) in [5, 5.41) is 5.86. The second-order valence-corrected chi connectivity index (χ2v) is 10.1. The van der Waals surface area contributed by atoms with Crippen LogP contribution in [-0.4, -0.2) is 57.3 Å². The van der Waals surface area contributed by atoms with Crippen LogP contribution in [0.25, 0.3) is 11.4 Å². The Labute approximate surface area is 184 Å². The molecule has 1 fully saturated rings. The van der Waals surface area contributed by atoms with Gasteiger partial charge in [-0.25, -0.2) is 8.42 Å². The second-order valence-electron chi connectivity index (χ2n) is 7.00. The van der Waals surface area contributed by atoms with E-state index in [-0.39, 0.29) is 5.92 Å². The smallest absolute Gasteiger partial charge is 0.252 e. The Balaban J connectivity index is 1.59. The van der Waals surface area contributed by atoms with Gasteiger partial charge in [0.25, 0.3) is 10.0 Å². The van der Waals surface area contributed by atoms with Crippen LogP contribution in [0.15, 0.2) is 38.4 Å². The Bertz CT molecular complexity index is 1120. The van der Waals surface area contributed by atoms with Gasteiger partial charge in [-0.3, -0.25) is 0 Å². The van der Waals surface area contributed by atoms with Crippen molar-refractivity contribution in [2.75, 3.05) is 34.4 Å². The zero-order valence-electron chi connectivity index (χ0n) is 17.4. The molecule has 0 spiro atoms. The zero-order chi connectivity index (χ0) is 22.0. The van der Waals surface area contributed by atoms with Crippen LogP contribution < -0.4 is 14.2 Å². The van der Waals surface area contributed by atoms with Crippen LogP contribution in [0.3, 0.4) is 0 Å². The lowest BCUT2D eigenvalue weighted by molar-refractivity contribution is 0.266. The number of sulfonamides is 1. The predicted octanol–water partition coefficient (Wildman–Crippen LogP) is 3.39. The summed E-state index contributed by atoms with van der Waals surface area (Å²) >= 11 is 1.22. The van der Waals surface area contributed by atoms with Crippen molar-refractivity contribution in [3.63, 3.8) is 0 Å². The molecule has 1 atom stereocenters. The number of piperidine rings is 1. The van der Waals surface area contributed by atoms with E-state index >= 15 is 0 Å². The molecule has 0 N–H and O–H groups in total. The maximum atomic E-state index is 12.9. The van der Waals surface area contributed by atoms with Gasteiger partial charge in [-0.2, -0.15) is 9.29 Å². The minimum absolute atomic E-state index is 0.174. The van der Waals surface area contributed by atoms with Crippen molar-refractivity contribution in [3.8, 4) is 28.6 Å². The molecule has 1 aliphatic rings. The SMILES string of the molecule is COc1cc(-c2noc(C3CCCN(S(=O)(=O)c4cccs4)C3)n2)cc(OC)c1OC. The average Bonchev–Trinajstić information content (AvgIpc) is 3.51. The molecule has 1 unspecified atom stereocenters. The van der Waals surface area contributed by atoms with Gasteiger partial charge in [0.15, 0.2) is 11.5 Å². The first-order valence-corrected chi connectivity index (χ1v) is 12.0. The minimum Gasteiger partial charge on any atom is -0.493 e. The third kappa shape index (κ3) is 4.12. The highest BCUT2D eigenvalue weighted by Crippen LogP contribution is 2.41. The van der Waals surface area contributed by atoms with E-state index in [1.54, 1.807) is 29.6 Å². The van der Waals surface area contributed by atoms with Crippen molar-refractivity contribution in [3.05, 3.63) is 35.5 Å². The van der Waals surface area contributed by atoms with Gasteiger partial charge >= 0.3 is 0 Å². The lowest BCUT2D eigenvalue weighted by atomic mass is 10.00. The maximum Gasteiger partial charge on any atom is 0.252 e. The summed E-state index contributed by atoms with van der Waals surface area (Å²) in [4.78, 5) is 4.54. The summed E-state index contributed by atoms with van der Waals surface area (Å²) in [6.45, 7) is 0.779. The number of hydrogen-bond acceptors (Lipinski definition) is 9. The summed E-state index contributed by atoms with van der Waals surface area (Å²) in [6.07, 6.45) is 1.49. The van der Waals surface area contributed by atoms with E-state index in [9.17, 15) is 8.42 Å². The molecule has 1 aromatic carbocycles. The number of rotatable bonds is 7. The molecule has 0 radical (unpaired) electrons. The van der Waals surface area contributed by atoms with Crippen LogP contribution in [0.2, 0.25) is 0 Å². The Morgan fingerprint density at radius 2 is 1.90 bits per heavy atom.